The topological polar surface area (TPSA) is 65.4 Å². The lowest BCUT2D eigenvalue weighted by Gasteiger charge is -2.13. The molecule has 0 saturated heterocycles. The van der Waals surface area contributed by atoms with Crippen LogP contribution in [0.5, 0.6) is 11.5 Å². The molecule has 0 saturated carbocycles. The van der Waals surface area contributed by atoms with Crippen molar-refractivity contribution in [3.8, 4) is 11.5 Å². The highest BCUT2D eigenvalue weighted by Gasteiger charge is 2.12. The first-order chi connectivity index (χ1) is 17.4. The molecule has 6 heteroatoms. The fraction of sp³-hybridized carbons (Fsp3) is 0.333. The number of aryl methyl sites for hydroxylation is 3. The monoisotopic (exact) mass is 485 g/mol. The summed E-state index contributed by atoms with van der Waals surface area (Å²) < 4.78 is 13.9. The largest absolute Gasteiger partial charge is 0.494 e. The highest BCUT2D eigenvalue weighted by atomic mass is 16.5. The predicted molar refractivity (Wildman–Crippen MR) is 144 cm³/mol. The minimum atomic E-state index is -0.178. The van der Waals surface area contributed by atoms with Crippen LogP contribution < -0.4 is 14.8 Å². The van der Waals surface area contributed by atoms with E-state index in [2.05, 4.69) is 41.9 Å². The van der Waals surface area contributed by atoms with Crippen LogP contribution in [0.15, 0.2) is 66.7 Å². The van der Waals surface area contributed by atoms with Crippen molar-refractivity contribution in [3.63, 3.8) is 0 Å². The van der Waals surface area contributed by atoms with E-state index in [9.17, 15) is 4.79 Å². The normalized spacial score (nSPS) is 11.1. The molecule has 1 N–H and O–H groups in total. The van der Waals surface area contributed by atoms with Gasteiger partial charge in [0.05, 0.1) is 24.2 Å². The minimum Gasteiger partial charge on any atom is -0.494 e. The van der Waals surface area contributed by atoms with Crippen molar-refractivity contribution in [1.82, 2.24) is 14.9 Å². The van der Waals surface area contributed by atoms with Crippen molar-refractivity contribution in [1.29, 1.82) is 0 Å². The number of hydrogen-bond donors (Lipinski definition) is 1. The molecule has 0 bridgehead atoms. The molecule has 36 heavy (non-hydrogen) atoms. The van der Waals surface area contributed by atoms with Gasteiger partial charge < -0.3 is 19.4 Å². The van der Waals surface area contributed by atoms with E-state index in [0.717, 1.165) is 52.4 Å². The Morgan fingerprint density at radius 3 is 2.56 bits per heavy atom. The van der Waals surface area contributed by atoms with E-state index in [1.165, 1.54) is 5.56 Å². The standard InChI is InChI=1S/C30H35N3O3/c1-21(2)24-12-14-25(15-13-24)35-17-7-16-33-27-9-6-5-8-26(27)32-29(33)19-31-30(34)20-36-28-18-22(3)10-11-23(28)4/h5-6,8-15,18,21H,7,16-17,19-20H2,1-4H3,(H,31,34). The van der Waals surface area contributed by atoms with E-state index in [4.69, 9.17) is 14.5 Å². The maximum atomic E-state index is 12.5. The lowest BCUT2D eigenvalue weighted by Crippen LogP contribution is -2.29. The summed E-state index contributed by atoms with van der Waals surface area (Å²) in [6, 6.07) is 22.3. The number of amides is 1. The van der Waals surface area contributed by atoms with Crippen molar-refractivity contribution >= 4 is 16.9 Å². The Balaban J connectivity index is 1.33. The number of para-hydroxylation sites is 2. The Labute approximate surface area is 213 Å². The van der Waals surface area contributed by atoms with Crippen LogP contribution in [-0.2, 0) is 17.9 Å². The molecule has 1 heterocycles. The Kier molecular flexibility index (Phi) is 8.26. The fourth-order valence-electron chi connectivity index (χ4n) is 4.11. The van der Waals surface area contributed by atoms with E-state index >= 15 is 0 Å². The number of imidazole rings is 1. The summed E-state index contributed by atoms with van der Waals surface area (Å²) in [5, 5.41) is 2.96. The van der Waals surface area contributed by atoms with Crippen molar-refractivity contribution in [2.45, 2.75) is 53.1 Å². The third-order valence-corrected chi connectivity index (χ3v) is 6.22. The fourth-order valence-corrected chi connectivity index (χ4v) is 4.11. The number of fused-ring (bicyclic) bond motifs is 1. The molecule has 3 aromatic carbocycles. The number of nitrogens with one attached hydrogen (secondary N) is 1. The summed E-state index contributed by atoms with van der Waals surface area (Å²) in [5.41, 5.74) is 5.38. The second-order valence-corrected chi connectivity index (χ2v) is 9.43. The highest BCUT2D eigenvalue weighted by molar-refractivity contribution is 5.78. The summed E-state index contributed by atoms with van der Waals surface area (Å²) in [4.78, 5) is 17.3. The molecule has 0 aliphatic heterocycles. The Bertz CT molecular complexity index is 1310. The minimum absolute atomic E-state index is 0.0338. The molecular weight excluding hydrogens is 450 g/mol. The zero-order chi connectivity index (χ0) is 25.5. The molecule has 188 valence electrons. The molecule has 0 aliphatic carbocycles. The quantitative estimate of drug-likeness (QED) is 0.267. The van der Waals surface area contributed by atoms with Crippen molar-refractivity contribution in [3.05, 3.63) is 89.2 Å². The summed E-state index contributed by atoms with van der Waals surface area (Å²) in [5.74, 6) is 2.76. The van der Waals surface area contributed by atoms with Crippen LogP contribution in [0.4, 0.5) is 0 Å². The first kappa shape index (κ1) is 25.3. The highest BCUT2D eigenvalue weighted by Crippen LogP contribution is 2.21. The zero-order valence-corrected chi connectivity index (χ0v) is 21.6. The predicted octanol–water partition coefficient (Wildman–Crippen LogP) is 5.94. The van der Waals surface area contributed by atoms with Gasteiger partial charge in [0.25, 0.3) is 5.91 Å². The van der Waals surface area contributed by atoms with Gasteiger partial charge in [0, 0.05) is 6.54 Å². The Morgan fingerprint density at radius 2 is 1.78 bits per heavy atom. The van der Waals surface area contributed by atoms with Gasteiger partial charge in [-0.05, 0) is 73.2 Å². The van der Waals surface area contributed by atoms with E-state index in [-0.39, 0.29) is 12.5 Å². The van der Waals surface area contributed by atoms with Gasteiger partial charge in [-0.25, -0.2) is 4.98 Å². The van der Waals surface area contributed by atoms with Crippen LogP contribution >= 0.6 is 0 Å². The molecule has 0 aliphatic rings. The maximum absolute atomic E-state index is 12.5. The number of ether oxygens (including phenoxy) is 2. The van der Waals surface area contributed by atoms with Gasteiger partial charge >= 0.3 is 0 Å². The van der Waals surface area contributed by atoms with Crippen LogP contribution in [0.25, 0.3) is 11.0 Å². The molecule has 1 amide bonds. The van der Waals surface area contributed by atoms with Crippen molar-refractivity contribution in [2.24, 2.45) is 0 Å². The second kappa shape index (κ2) is 11.8. The SMILES string of the molecule is Cc1ccc(C)c(OCC(=O)NCc2nc3ccccc3n2CCCOc2ccc(C(C)C)cc2)c1. The maximum Gasteiger partial charge on any atom is 0.258 e. The van der Waals surface area contributed by atoms with Crippen LogP contribution in [0.2, 0.25) is 0 Å². The van der Waals surface area contributed by atoms with Crippen molar-refractivity contribution < 1.29 is 14.3 Å². The number of nitrogens with zero attached hydrogens (tertiary/aromatic N) is 2. The molecule has 0 atom stereocenters. The number of aromatic nitrogens is 2. The van der Waals surface area contributed by atoms with Crippen LogP contribution in [0, 0.1) is 13.8 Å². The van der Waals surface area contributed by atoms with Crippen LogP contribution in [-0.4, -0.2) is 28.7 Å². The molecule has 1 aromatic heterocycles. The molecule has 4 aromatic rings. The van der Waals surface area contributed by atoms with Gasteiger partial charge in [-0.1, -0.05) is 50.2 Å². The second-order valence-electron chi connectivity index (χ2n) is 9.43. The molecule has 0 radical (unpaired) electrons. The summed E-state index contributed by atoms with van der Waals surface area (Å²) in [7, 11) is 0. The smallest absolute Gasteiger partial charge is 0.258 e. The lowest BCUT2D eigenvalue weighted by molar-refractivity contribution is -0.123. The average Bonchev–Trinajstić information content (AvgIpc) is 3.23. The summed E-state index contributed by atoms with van der Waals surface area (Å²) in [6.07, 6.45) is 0.822. The number of hydrogen-bond acceptors (Lipinski definition) is 4. The number of rotatable bonds is 11. The third-order valence-electron chi connectivity index (χ3n) is 6.22. The molecule has 0 fully saturated rings. The van der Waals surface area contributed by atoms with E-state index in [1.54, 1.807) is 0 Å². The zero-order valence-electron chi connectivity index (χ0n) is 21.6. The van der Waals surface area contributed by atoms with Gasteiger partial charge in [0.2, 0.25) is 0 Å². The first-order valence-electron chi connectivity index (χ1n) is 12.5. The first-order valence-corrected chi connectivity index (χ1v) is 12.5. The third kappa shape index (κ3) is 6.45. The van der Waals surface area contributed by atoms with Gasteiger partial charge in [-0.15, -0.1) is 0 Å². The Hall–Kier alpha value is -3.80. The number of benzene rings is 3. The van der Waals surface area contributed by atoms with Crippen LogP contribution in [0.1, 0.15) is 48.7 Å². The summed E-state index contributed by atoms with van der Waals surface area (Å²) in [6.45, 7) is 9.99. The van der Waals surface area contributed by atoms with Crippen LogP contribution in [0.3, 0.4) is 0 Å². The van der Waals surface area contributed by atoms with E-state index < -0.39 is 0 Å². The number of carbonyl (C=O) groups excluding carboxylic acids is 1. The van der Waals surface area contributed by atoms with E-state index in [0.29, 0.717) is 19.1 Å². The molecule has 0 unspecified atom stereocenters. The number of carbonyl (C=O) groups is 1. The van der Waals surface area contributed by atoms with Gasteiger partial charge in [-0.3, -0.25) is 4.79 Å². The van der Waals surface area contributed by atoms with Gasteiger partial charge in [0.15, 0.2) is 6.61 Å². The van der Waals surface area contributed by atoms with Crippen molar-refractivity contribution in [2.75, 3.05) is 13.2 Å². The van der Waals surface area contributed by atoms with Gasteiger partial charge in [0.1, 0.15) is 17.3 Å². The van der Waals surface area contributed by atoms with Gasteiger partial charge in [-0.2, -0.15) is 0 Å². The lowest BCUT2D eigenvalue weighted by atomic mass is 10.0. The molecular formula is C30H35N3O3. The Morgan fingerprint density at radius 1 is 1.00 bits per heavy atom. The molecule has 0 spiro atoms. The van der Waals surface area contributed by atoms with E-state index in [1.807, 2.05) is 62.4 Å². The summed E-state index contributed by atoms with van der Waals surface area (Å²) >= 11 is 0. The molecule has 6 nitrogen and oxygen atoms in total. The molecule has 4 rings (SSSR count). The average molecular weight is 486 g/mol.